The topological polar surface area (TPSA) is 160 Å². The number of hydrogen-bond donors (Lipinski definition) is 3. The summed E-state index contributed by atoms with van der Waals surface area (Å²) in [5.74, 6) is -9.00. The number of amides is 1. The Morgan fingerprint density at radius 3 is 2.48 bits per heavy atom. The largest absolute Gasteiger partial charge is 0.435 e. The van der Waals surface area contributed by atoms with Crippen molar-refractivity contribution in [2.75, 3.05) is 29.0 Å². The first-order chi connectivity index (χ1) is 28.1. The van der Waals surface area contributed by atoms with Gasteiger partial charge < -0.3 is 15.3 Å². The molecule has 0 radical (unpaired) electrons. The Labute approximate surface area is 340 Å². The van der Waals surface area contributed by atoms with Crippen LogP contribution in [0.1, 0.15) is 59.9 Å². The lowest BCUT2D eigenvalue weighted by molar-refractivity contribution is -0.142. The zero-order chi connectivity index (χ0) is 42.8. The summed E-state index contributed by atoms with van der Waals surface area (Å²) in [6.07, 6.45) is -4.14. The first-order valence-electron chi connectivity index (χ1n) is 18.6. The predicted molar refractivity (Wildman–Crippen MR) is 206 cm³/mol. The summed E-state index contributed by atoms with van der Waals surface area (Å²) in [5, 5.41) is 22.1. The molecule has 60 heavy (non-hydrogen) atoms. The SMILES string of the molecule is Cn1nc(NS(C)(=O)=O)c2cccc(-c3cc4sc(N5CCC(C)(O)C5)nc4nc3C(Cc3cc(F)cc(F)c3)NC(=O)Cn3nc(C(F)(F)F)c4c3C(F)(F)[C@@H]3C[C@H]43)c21. The van der Waals surface area contributed by atoms with E-state index in [2.05, 4.69) is 20.2 Å². The van der Waals surface area contributed by atoms with Gasteiger partial charge in [0.2, 0.25) is 15.9 Å². The molecule has 2 aliphatic carbocycles. The number of anilines is 2. The van der Waals surface area contributed by atoms with E-state index in [4.69, 9.17) is 9.97 Å². The molecule has 9 rings (SSSR count). The number of aromatic nitrogens is 6. The van der Waals surface area contributed by atoms with Crippen molar-refractivity contribution in [3.05, 3.63) is 82.3 Å². The monoisotopic (exact) mass is 877 g/mol. The van der Waals surface area contributed by atoms with Gasteiger partial charge in [0.15, 0.2) is 22.3 Å². The molecule has 13 nitrogen and oxygen atoms in total. The fourth-order valence-corrected chi connectivity index (χ4v) is 10.0. The highest BCUT2D eigenvalue weighted by atomic mass is 32.2. The van der Waals surface area contributed by atoms with Gasteiger partial charge in [-0.15, -0.1) is 0 Å². The second-order valence-electron chi connectivity index (χ2n) is 15.9. The molecule has 1 saturated heterocycles. The van der Waals surface area contributed by atoms with Gasteiger partial charge in [-0.1, -0.05) is 23.5 Å². The van der Waals surface area contributed by atoms with E-state index in [1.54, 1.807) is 38.2 Å². The Bertz CT molecular complexity index is 2850. The minimum atomic E-state index is -5.07. The number of sulfonamides is 1. The second-order valence-corrected chi connectivity index (χ2v) is 18.7. The average Bonchev–Trinajstić information content (AvgIpc) is 3.36. The number of aryl methyl sites for hydroxylation is 1. The quantitative estimate of drug-likeness (QED) is 0.133. The molecule has 1 aliphatic heterocycles. The second kappa shape index (κ2) is 13.6. The van der Waals surface area contributed by atoms with Crippen LogP contribution in [-0.4, -0.2) is 73.9 Å². The maximum atomic E-state index is 15.5. The van der Waals surface area contributed by atoms with E-state index in [1.165, 1.54) is 16.0 Å². The number of carbonyl (C=O) groups is 1. The van der Waals surface area contributed by atoms with Gasteiger partial charge in [0.05, 0.1) is 33.8 Å². The van der Waals surface area contributed by atoms with Crippen LogP contribution in [0.25, 0.3) is 32.4 Å². The number of para-hydroxylation sites is 1. The molecule has 0 spiro atoms. The summed E-state index contributed by atoms with van der Waals surface area (Å²) in [6, 6.07) is 8.00. The number of hydrogen-bond acceptors (Lipinski definition) is 10. The summed E-state index contributed by atoms with van der Waals surface area (Å²) in [6.45, 7) is 1.39. The number of thiazole rings is 1. The lowest BCUT2D eigenvalue weighted by Gasteiger charge is -2.23. The summed E-state index contributed by atoms with van der Waals surface area (Å²) >= 11 is 1.26. The number of rotatable bonds is 10. The van der Waals surface area contributed by atoms with Crippen LogP contribution in [0, 0.1) is 17.6 Å². The Kier molecular flexibility index (Phi) is 9.07. The van der Waals surface area contributed by atoms with Gasteiger partial charge in [-0.2, -0.15) is 37.1 Å². The highest BCUT2D eigenvalue weighted by Crippen LogP contribution is 2.68. The highest BCUT2D eigenvalue weighted by molar-refractivity contribution is 7.92. The van der Waals surface area contributed by atoms with Crippen molar-refractivity contribution in [1.29, 1.82) is 0 Å². The molecule has 2 aromatic carbocycles. The van der Waals surface area contributed by atoms with Gasteiger partial charge in [0, 0.05) is 54.2 Å². The van der Waals surface area contributed by atoms with Crippen molar-refractivity contribution in [3.63, 3.8) is 0 Å². The number of nitrogens with zero attached hydrogens (tertiary/aromatic N) is 7. The molecular formula is C38H34F7N9O4S2. The molecule has 3 aliphatic rings. The number of alkyl halides is 5. The zero-order valence-electron chi connectivity index (χ0n) is 31.8. The number of carbonyl (C=O) groups excluding carboxylic acids is 1. The van der Waals surface area contributed by atoms with Crippen molar-refractivity contribution in [3.8, 4) is 11.1 Å². The van der Waals surface area contributed by atoms with Crippen LogP contribution < -0.4 is 14.9 Å². The lowest BCUT2D eigenvalue weighted by Crippen LogP contribution is -2.35. The molecule has 4 aromatic heterocycles. The van der Waals surface area contributed by atoms with Crippen LogP contribution >= 0.6 is 11.3 Å². The Hall–Kier alpha value is -5.35. The van der Waals surface area contributed by atoms with Crippen LogP contribution in [0.3, 0.4) is 0 Å². The average molecular weight is 878 g/mol. The Morgan fingerprint density at radius 1 is 1.08 bits per heavy atom. The smallest absolute Gasteiger partial charge is 0.388 e. The lowest BCUT2D eigenvalue weighted by atomic mass is 9.94. The molecule has 2 fully saturated rings. The summed E-state index contributed by atoms with van der Waals surface area (Å²) in [5.41, 5.74) is -2.66. The van der Waals surface area contributed by atoms with E-state index in [-0.39, 0.29) is 42.1 Å². The van der Waals surface area contributed by atoms with E-state index >= 15 is 8.78 Å². The van der Waals surface area contributed by atoms with E-state index in [1.807, 2.05) is 4.90 Å². The normalized spacial score (nSPS) is 21.4. The standard InChI is InChI=1S/C38H34F7N9O4S2/c1-36(56)7-8-53(16-36)35-48-34-26(59-35)14-22(20-5-4-6-21-30(20)52(2)50-33(21)51-60(3,57)58)29(47-34)25(11-17-9-18(39)12-19(40)10-17)46-27(55)15-54-32-28(31(49-54)38(43,44)45)23-13-24(23)37(32,41)42/h4-6,9-10,12,14,23-25,56H,7-8,11,13,15-16H2,1-3H3,(H,46,55)(H,50,51)/t23-,24+,25?,36?/m0/s1. The van der Waals surface area contributed by atoms with Gasteiger partial charge in [-0.05, 0) is 61.9 Å². The molecule has 0 bridgehead atoms. The van der Waals surface area contributed by atoms with Crippen molar-refractivity contribution >= 4 is 59.5 Å². The number of benzene rings is 2. The van der Waals surface area contributed by atoms with E-state index in [0.717, 1.165) is 18.4 Å². The highest BCUT2D eigenvalue weighted by Gasteiger charge is 2.68. The van der Waals surface area contributed by atoms with E-state index in [0.29, 0.717) is 55.6 Å². The molecule has 1 saturated carbocycles. The summed E-state index contributed by atoms with van der Waals surface area (Å²) < 4.78 is 132. The fraction of sp³-hybridized carbons (Fsp3) is 0.395. The molecular weight excluding hydrogens is 844 g/mol. The van der Waals surface area contributed by atoms with Gasteiger partial charge >= 0.3 is 6.18 Å². The third-order valence-corrected chi connectivity index (χ3v) is 12.7. The number of halogens is 7. The minimum Gasteiger partial charge on any atom is -0.388 e. The van der Waals surface area contributed by atoms with E-state index in [9.17, 15) is 40.3 Å². The first kappa shape index (κ1) is 40.1. The number of nitrogens with one attached hydrogen (secondary N) is 2. The van der Waals surface area contributed by atoms with Crippen molar-refractivity contribution in [1.82, 2.24) is 34.8 Å². The van der Waals surface area contributed by atoms with E-state index < -0.39 is 86.6 Å². The molecule has 6 aromatic rings. The van der Waals surface area contributed by atoms with Crippen molar-refractivity contribution < 1.29 is 49.1 Å². The number of pyridine rings is 1. The molecule has 1 amide bonds. The maximum Gasteiger partial charge on any atom is 0.435 e. The summed E-state index contributed by atoms with van der Waals surface area (Å²) in [7, 11) is -2.22. The van der Waals surface area contributed by atoms with Crippen LogP contribution in [0.15, 0.2) is 42.5 Å². The van der Waals surface area contributed by atoms with Crippen LogP contribution in [0.4, 0.5) is 41.7 Å². The van der Waals surface area contributed by atoms with Crippen molar-refractivity contribution in [2.24, 2.45) is 13.0 Å². The van der Waals surface area contributed by atoms with Crippen LogP contribution in [-0.2, 0) is 46.9 Å². The fourth-order valence-electron chi connectivity index (χ4n) is 8.55. The molecule has 5 heterocycles. The Balaban J connectivity index is 1.20. The van der Waals surface area contributed by atoms with Gasteiger partial charge in [0.1, 0.15) is 23.9 Å². The Morgan fingerprint density at radius 2 is 1.82 bits per heavy atom. The number of β-amino-alcohol motifs (C(OH)–C–C–N with tert-alkyl or cyclic N) is 1. The molecule has 2 unspecified atom stereocenters. The maximum absolute atomic E-state index is 15.5. The van der Waals surface area contributed by atoms with Gasteiger partial charge in [-0.3, -0.25) is 18.9 Å². The third kappa shape index (κ3) is 7.10. The molecule has 3 N–H and O–H groups in total. The predicted octanol–water partition coefficient (Wildman–Crippen LogP) is 6.38. The van der Waals surface area contributed by atoms with Crippen LogP contribution in [0.5, 0.6) is 0 Å². The molecule has 22 heteroatoms. The van der Waals surface area contributed by atoms with Crippen LogP contribution in [0.2, 0.25) is 0 Å². The molecule has 4 atom stereocenters. The number of fused-ring (bicyclic) bond motifs is 5. The summed E-state index contributed by atoms with van der Waals surface area (Å²) in [4.78, 5) is 25.5. The third-order valence-electron chi connectivity index (χ3n) is 11.1. The van der Waals surface area contributed by atoms with Gasteiger partial charge in [0.25, 0.3) is 5.92 Å². The molecule has 316 valence electrons. The minimum absolute atomic E-state index is 0.00751. The van der Waals surface area contributed by atoms with Gasteiger partial charge in [-0.25, -0.2) is 22.2 Å². The first-order valence-corrected chi connectivity index (χ1v) is 21.3. The van der Waals surface area contributed by atoms with Crippen molar-refractivity contribution in [2.45, 2.75) is 62.4 Å². The number of aliphatic hydroxyl groups is 1. The zero-order valence-corrected chi connectivity index (χ0v) is 33.4.